The fourth-order valence-electron chi connectivity index (χ4n) is 5.42. The summed E-state index contributed by atoms with van der Waals surface area (Å²) in [5, 5.41) is 7.84. The second-order valence-electron chi connectivity index (χ2n) is 10.6. The van der Waals surface area contributed by atoms with E-state index in [9.17, 15) is 9.59 Å². The Kier molecular flexibility index (Phi) is 7.88. The maximum absolute atomic E-state index is 13.6. The van der Waals surface area contributed by atoms with Crippen LogP contribution >= 0.6 is 22.7 Å². The topological polar surface area (TPSA) is 94.3 Å². The maximum Gasteiger partial charge on any atom is 0.267 e. The molecule has 0 fully saturated rings. The molecule has 4 aromatic carbocycles. The van der Waals surface area contributed by atoms with Crippen LogP contribution in [-0.4, -0.2) is 23.8 Å². The molecular weight excluding hydrogens is 611 g/mol. The number of nitrogens with two attached hydrogens (primary N) is 1. The number of benzene rings is 4. The molecule has 6 nitrogen and oxygen atoms in total. The molecule has 8 heteroatoms. The fraction of sp³-hybridized carbons (Fsp3) is 0.0263. The standard InChI is InChI=1S/C38H27N3O3S2/c1-44-27-17-13-24(14-18-27)31-22-32(30-10-4-7-23-6-2-3-9-29(23)30)41-38-34(31)35(39)36(46-38)37(43)40-26-15-11-25(12-16-26)33(42)20-19-28-8-5-21-45-28/h2-22H,39H2,1H3,(H,40,43). The molecule has 7 aromatic rings. The number of thiophene rings is 2. The number of nitrogen functional groups attached to an aromatic ring is 1. The lowest BCUT2D eigenvalue weighted by Crippen LogP contribution is -2.12. The highest BCUT2D eigenvalue weighted by Crippen LogP contribution is 2.42. The van der Waals surface area contributed by atoms with Gasteiger partial charge in [-0.1, -0.05) is 60.7 Å². The summed E-state index contributed by atoms with van der Waals surface area (Å²) in [4.78, 5) is 33.3. The fourth-order valence-corrected chi connectivity index (χ4v) is 7.05. The molecule has 224 valence electrons. The van der Waals surface area contributed by atoms with Crippen LogP contribution in [-0.2, 0) is 0 Å². The first-order chi connectivity index (χ1) is 22.5. The molecule has 3 N–H and O–H groups in total. The van der Waals surface area contributed by atoms with Crippen molar-refractivity contribution < 1.29 is 14.3 Å². The highest BCUT2D eigenvalue weighted by molar-refractivity contribution is 7.21. The molecule has 0 atom stereocenters. The first-order valence-corrected chi connectivity index (χ1v) is 16.2. The molecule has 0 saturated carbocycles. The van der Waals surface area contributed by atoms with E-state index < -0.39 is 0 Å². The largest absolute Gasteiger partial charge is 0.497 e. The number of pyridine rings is 1. The second kappa shape index (κ2) is 12.4. The first kappa shape index (κ1) is 29.2. The molecule has 3 heterocycles. The number of nitrogens with zero attached hydrogens (tertiary/aromatic N) is 1. The van der Waals surface area contributed by atoms with Gasteiger partial charge in [0.25, 0.3) is 5.91 Å². The summed E-state index contributed by atoms with van der Waals surface area (Å²) in [7, 11) is 1.63. The SMILES string of the molecule is COc1ccc(-c2cc(-c3cccc4ccccc34)nc3sc(C(=O)Nc4ccc(C(=O)C=Cc5cccs5)cc4)c(N)c23)cc1. The highest BCUT2D eigenvalue weighted by atomic mass is 32.1. The van der Waals surface area contributed by atoms with Crippen molar-refractivity contribution in [1.82, 2.24) is 4.98 Å². The third kappa shape index (κ3) is 5.67. The van der Waals surface area contributed by atoms with Crippen LogP contribution < -0.4 is 15.8 Å². The van der Waals surface area contributed by atoms with E-state index in [1.165, 1.54) is 11.3 Å². The lowest BCUT2D eigenvalue weighted by atomic mass is 9.97. The number of hydrogen-bond donors (Lipinski definition) is 2. The van der Waals surface area contributed by atoms with Crippen molar-refractivity contribution in [3.63, 3.8) is 0 Å². The van der Waals surface area contributed by atoms with Crippen molar-refractivity contribution in [3.05, 3.63) is 136 Å². The molecule has 7 rings (SSSR count). The Morgan fingerprint density at radius 3 is 2.41 bits per heavy atom. The summed E-state index contributed by atoms with van der Waals surface area (Å²) < 4.78 is 5.39. The molecule has 0 aliphatic rings. The summed E-state index contributed by atoms with van der Waals surface area (Å²) in [6.07, 6.45) is 3.35. The number of carbonyl (C=O) groups excluding carboxylic acids is 2. The number of nitrogens with one attached hydrogen (secondary N) is 1. The van der Waals surface area contributed by atoms with Crippen LogP contribution in [0.3, 0.4) is 0 Å². The van der Waals surface area contributed by atoms with E-state index in [1.807, 2.05) is 66.0 Å². The van der Waals surface area contributed by atoms with Gasteiger partial charge < -0.3 is 15.8 Å². The van der Waals surface area contributed by atoms with E-state index in [0.717, 1.165) is 49.2 Å². The molecule has 0 aliphatic carbocycles. The lowest BCUT2D eigenvalue weighted by Gasteiger charge is -2.11. The van der Waals surface area contributed by atoms with Crippen molar-refractivity contribution >= 4 is 72.8 Å². The monoisotopic (exact) mass is 637 g/mol. The Bertz CT molecular complexity index is 2250. The summed E-state index contributed by atoms with van der Waals surface area (Å²) in [5.74, 6) is 0.289. The zero-order valence-corrected chi connectivity index (χ0v) is 26.3. The van der Waals surface area contributed by atoms with Gasteiger partial charge in [-0.25, -0.2) is 4.98 Å². The van der Waals surface area contributed by atoms with Crippen LogP contribution in [0.25, 0.3) is 49.4 Å². The van der Waals surface area contributed by atoms with Gasteiger partial charge in [-0.2, -0.15) is 0 Å². The van der Waals surface area contributed by atoms with E-state index in [4.69, 9.17) is 15.5 Å². The van der Waals surface area contributed by atoms with E-state index in [-0.39, 0.29) is 11.7 Å². The Hall–Kier alpha value is -5.57. The molecule has 0 radical (unpaired) electrons. The summed E-state index contributed by atoms with van der Waals surface area (Å²) in [5.41, 5.74) is 11.8. The van der Waals surface area contributed by atoms with Gasteiger partial charge in [0.05, 0.1) is 18.5 Å². The number of hydrogen-bond acceptors (Lipinski definition) is 7. The lowest BCUT2D eigenvalue weighted by molar-refractivity contribution is 0.102. The van der Waals surface area contributed by atoms with Crippen molar-refractivity contribution in [1.29, 1.82) is 0 Å². The molecule has 1 amide bonds. The molecule has 3 aromatic heterocycles. The number of anilines is 2. The first-order valence-electron chi connectivity index (χ1n) is 14.5. The second-order valence-corrected chi connectivity index (χ2v) is 12.6. The zero-order valence-electron chi connectivity index (χ0n) is 24.7. The van der Waals surface area contributed by atoms with E-state index in [0.29, 0.717) is 26.6 Å². The molecule has 0 unspecified atom stereocenters. The summed E-state index contributed by atoms with van der Waals surface area (Å²) in [6, 6.07) is 34.9. The smallest absolute Gasteiger partial charge is 0.267 e. The van der Waals surface area contributed by atoms with Crippen molar-refractivity contribution in [2.45, 2.75) is 0 Å². The third-order valence-electron chi connectivity index (χ3n) is 7.74. The van der Waals surface area contributed by atoms with E-state index in [2.05, 4.69) is 29.6 Å². The quantitative estimate of drug-likeness (QED) is 0.128. The van der Waals surface area contributed by atoms with Crippen LogP contribution in [0, 0.1) is 0 Å². The Balaban J connectivity index is 1.25. The van der Waals surface area contributed by atoms with Crippen LogP contribution in [0.2, 0.25) is 0 Å². The van der Waals surface area contributed by atoms with Gasteiger partial charge in [-0.3, -0.25) is 9.59 Å². The number of allylic oxidation sites excluding steroid dienone is 1. The number of ether oxygens (including phenoxy) is 1. The van der Waals surface area contributed by atoms with Gasteiger partial charge in [0.1, 0.15) is 15.5 Å². The predicted octanol–water partition coefficient (Wildman–Crippen LogP) is 9.58. The van der Waals surface area contributed by atoms with Gasteiger partial charge >= 0.3 is 0 Å². The van der Waals surface area contributed by atoms with Crippen LogP contribution in [0.1, 0.15) is 24.9 Å². The highest BCUT2D eigenvalue weighted by Gasteiger charge is 2.22. The number of aromatic nitrogens is 1. The molecule has 0 aliphatic heterocycles. The minimum Gasteiger partial charge on any atom is -0.497 e. The van der Waals surface area contributed by atoms with E-state index in [1.54, 1.807) is 54.9 Å². The summed E-state index contributed by atoms with van der Waals surface area (Å²) >= 11 is 2.83. The van der Waals surface area contributed by atoms with Gasteiger partial charge in [0.15, 0.2) is 5.78 Å². The predicted molar refractivity (Wildman–Crippen MR) is 191 cm³/mol. The van der Waals surface area contributed by atoms with Crippen molar-refractivity contribution in [2.75, 3.05) is 18.2 Å². The average Bonchev–Trinajstić information content (AvgIpc) is 3.75. The summed E-state index contributed by atoms with van der Waals surface area (Å²) in [6.45, 7) is 0. The maximum atomic E-state index is 13.6. The number of amides is 1. The Labute approximate surface area is 273 Å². The van der Waals surface area contributed by atoms with Crippen molar-refractivity contribution in [3.8, 4) is 28.1 Å². The van der Waals surface area contributed by atoms with Crippen LogP contribution in [0.15, 0.2) is 121 Å². The average molecular weight is 638 g/mol. The number of fused-ring (bicyclic) bond motifs is 2. The minimum absolute atomic E-state index is 0.112. The molecule has 0 spiro atoms. The third-order valence-corrected chi connectivity index (χ3v) is 9.68. The Morgan fingerprint density at radius 2 is 1.65 bits per heavy atom. The van der Waals surface area contributed by atoms with Crippen LogP contribution in [0.5, 0.6) is 5.75 Å². The van der Waals surface area contributed by atoms with Gasteiger partial charge in [-0.05, 0) is 88.0 Å². The number of carbonyl (C=O) groups is 2. The van der Waals surface area contributed by atoms with Gasteiger partial charge in [-0.15, -0.1) is 22.7 Å². The zero-order chi connectivity index (χ0) is 31.6. The van der Waals surface area contributed by atoms with E-state index >= 15 is 0 Å². The Morgan fingerprint density at radius 1 is 0.870 bits per heavy atom. The van der Waals surface area contributed by atoms with Crippen LogP contribution in [0.4, 0.5) is 11.4 Å². The van der Waals surface area contributed by atoms with Gasteiger partial charge in [0, 0.05) is 27.1 Å². The number of methoxy groups -OCH3 is 1. The van der Waals surface area contributed by atoms with Crippen molar-refractivity contribution in [2.24, 2.45) is 0 Å². The minimum atomic E-state index is -0.343. The normalized spacial score (nSPS) is 11.3. The number of rotatable bonds is 8. The molecule has 46 heavy (non-hydrogen) atoms. The molecule has 0 saturated heterocycles. The molecular formula is C38H27N3O3S2. The number of ketones is 1. The molecule has 0 bridgehead atoms. The van der Waals surface area contributed by atoms with Gasteiger partial charge in [0.2, 0.25) is 0 Å².